The van der Waals surface area contributed by atoms with Crippen molar-refractivity contribution in [3.05, 3.63) is 5.69 Å². The molecule has 3 nitrogen and oxygen atoms in total. The first kappa shape index (κ1) is 11.2. The van der Waals surface area contributed by atoms with Crippen molar-refractivity contribution in [3.8, 4) is 0 Å². The summed E-state index contributed by atoms with van der Waals surface area (Å²) in [4.78, 5) is 0. The SMILES string of the molecule is CCNc1snnc1CSC1CCCC1. The molecule has 0 spiro atoms. The zero-order chi connectivity index (χ0) is 10.5. The molecule has 0 saturated heterocycles. The average Bonchev–Trinajstić information content (AvgIpc) is 2.85. The standard InChI is InChI=1S/C10H17N3S2/c1-2-11-10-9(12-13-15-10)7-14-8-5-3-4-6-8/h8,11H,2-7H2,1H3. The largest absolute Gasteiger partial charge is 0.374 e. The van der Waals surface area contributed by atoms with Crippen molar-refractivity contribution in [2.24, 2.45) is 0 Å². The Bertz CT molecular complexity index is 295. The first-order valence-corrected chi connectivity index (χ1v) is 7.39. The molecule has 84 valence electrons. The van der Waals surface area contributed by atoms with Gasteiger partial charge in [0.15, 0.2) is 0 Å². The monoisotopic (exact) mass is 243 g/mol. The van der Waals surface area contributed by atoms with Gasteiger partial charge in [0, 0.05) is 29.1 Å². The highest BCUT2D eigenvalue weighted by Crippen LogP contribution is 2.33. The maximum atomic E-state index is 4.18. The Morgan fingerprint density at radius 3 is 3.00 bits per heavy atom. The first-order valence-electron chi connectivity index (χ1n) is 5.57. The zero-order valence-electron chi connectivity index (χ0n) is 9.03. The van der Waals surface area contributed by atoms with Crippen LogP contribution < -0.4 is 5.32 Å². The van der Waals surface area contributed by atoms with Crippen molar-refractivity contribution in [1.29, 1.82) is 0 Å². The summed E-state index contributed by atoms with van der Waals surface area (Å²) >= 11 is 3.52. The minimum atomic E-state index is 0.862. The van der Waals surface area contributed by atoms with Gasteiger partial charge in [0.05, 0.1) is 0 Å². The van der Waals surface area contributed by atoms with Gasteiger partial charge in [0.1, 0.15) is 10.7 Å². The second kappa shape index (κ2) is 5.70. The zero-order valence-corrected chi connectivity index (χ0v) is 10.7. The Morgan fingerprint density at radius 2 is 2.27 bits per heavy atom. The van der Waals surface area contributed by atoms with Crippen LogP contribution in [0.15, 0.2) is 0 Å². The summed E-state index contributed by atoms with van der Waals surface area (Å²) in [5, 5.41) is 9.51. The number of thioether (sulfide) groups is 1. The normalized spacial score (nSPS) is 17.1. The van der Waals surface area contributed by atoms with E-state index in [1.807, 2.05) is 11.8 Å². The van der Waals surface area contributed by atoms with Crippen molar-refractivity contribution in [2.45, 2.75) is 43.6 Å². The Labute approximate surface area is 99.2 Å². The van der Waals surface area contributed by atoms with Gasteiger partial charge in [0.2, 0.25) is 0 Å². The summed E-state index contributed by atoms with van der Waals surface area (Å²) in [6.45, 7) is 3.05. The Hall–Kier alpha value is -0.290. The van der Waals surface area contributed by atoms with Crippen LogP contribution in [0.2, 0.25) is 0 Å². The maximum absolute atomic E-state index is 4.18. The molecule has 5 heteroatoms. The molecule has 1 aliphatic carbocycles. The number of hydrogen-bond acceptors (Lipinski definition) is 5. The van der Waals surface area contributed by atoms with E-state index in [2.05, 4.69) is 21.8 Å². The number of nitrogens with zero attached hydrogens (tertiary/aromatic N) is 2. The van der Waals surface area contributed by atoms with E-state index in [9.17, 15) is 0 Å². The summed E-state index contributed by atoms with van der Waals surface area (Å²) in [5.41, 5.74) is 1.14. The molecule has 1 fully saturated rings. The van der Waals surface area contributed by atoms with Crippen LogP contribution in [0.1, 0.15) is 38.3 Å². The topological polar surface area (TPSA) is 37.8 Å². The fraction of sp³-hybridized carbons (Fsp3) is 0.800. The number of hydrogen-bond donors (Lipinski definition) is 1. The molecule has 1 heterocycles. The van der Waals surface area contributed by atoms with Crippen LogP contribution in [0.3, 0.4) is 0 Å². The molecular formula is C10H17N3S2. The molecule has 0 bridgehead atoms. The van der Waals surface area contributed by atoms with Gasteiger partial charge in [-0.3, -0.25) is 0 Å². The van der Waals surface area contributed by atoms with Gasteiger partial charge < -0.3 is 5.32 Å². The van der Waals surface area contributed by atoms with Crippen molar-refractivity contribution < 1.29 is 0 Å². The second-order valence-corrected chi connectivity index (χ2v) is 5.84. The Kier molecular flexibility index (Phi) is 4.26. The summed E-state index contributed by atoms with van der Waals surface area (Å²) in [5.74, 6) is 1.02. The highest BCUT2D eigenvalue weighted by Gasteiger charge is 2.17. The van der Waals surface area contributed by atoms with E-state index in [0.717, 1.165) is 28.2 Å². The Balaban J connectivity index is 1.83. The third kappa shape index (κ3) is 3.08. The lowest BCUT2D eigenvalue weighted by molar-refractivity contribution is 0.886. The summed E-state index contributed by atoms with van der Waals surface area (Å²) in [7, 11) is 0. The van der Waals surface area contributed by atoms with E-state index in [0.29, 0.717) is 0 Å². The van der Waals surface area contributed by atoms with Crippen LogP contribution in [0, 0.1) is 0 Å². The Morgan fingerprint density at radius 1 is 1.47 bits per heavy atom. The fourth-order valence-electron chi connectivity index (χ4n) is 1.85. The molecule has 0 radical (unpaired) electrons. The summed E-state index contributed by atoms with van der Waals surface area (Å²) < 4.78 is 4.00. The second-order valence-electron chi connectivity index (χ2n) is 3.80. The van der Waals surface area contributed by atoms with Crippen LogP contribution >= 0.6 is 23.3 Å². The van der Waals surface area contributed by atoms with Crippen molar-refractivity contribution in [1.82, 2.24) is 9.59 Å². The fourth-order valence-corrected chi connectivity index (χ4v) is 3.85. The van der Waals surface area contributed by atoms with E-state index >= 15 is 0 Å². The van der Waals surface area contributed by atoms with Gasteiger partial charge in [-0.1, -0.05) is 17.3 Å². The predicted molar refractivity (Wildman–Crippen MR) is 67.6 cm³/mol. The van der Waals surface area contributed by atoms with E-state index in [1.54, 1.807) is 0 Å². The number of rotatable bonds is 5. The minimum absolute atomic E-state index is 0.862. The smallest absolute Gasteiger partial charge is 0.134 e. The van der Waals surface area contributed by atoms with Crippen molar-refractivity contribution in [2.75, 3.05) is 11.9 Å². The van der Waals surface area contributed by atoms with Crippen molar-refractivity contribution in [3.63, 3.8) is 0 Å². The molecule has 15 heavy (non-hydrogen) atoms. The highest BCUT2D eigenvalue weighted by molar-refractivity contribution is 7.99. The number of anilines is 1. The molecule has 0 aliphatic heterocycles. The lowest BCUT2D eigenvalue weighted by atomic mass is 10.4. The molecule has 1 N–H and O–H groups in total. The first-order chi connectivity index (χ1) is 7.40. The summed E-state index contributed by atoms with van der Waals surface area (Å²) in [6, 6.07) is 0. The maximum Gasteiger partial charge on any atom is 0.134 e. The third-order valence-electron chi connectivity index (χ3n) is 2.65. The molecule has 0 aromatic carbocycles. The van der Waals surface area contributed by atoms with Gasteiger partial charge in [-0.2, -0.15) is 11.8 Å². The molecular weight excluding hydrogens is 226 g/mol. The lowest BCUT2D eigenvalue weighted by Crippen LogP contribution is -2.00. The van der Waals surface area contributed by atoms with Gasteiger partial charge in [-0.05, 0) is 19.8 Å². The summed E-state index contributed by atoms with van der Waals surface area (Å²) in [6.07, 6.45) is 5.59. The minimum Gasteiger partial charge on any atom is -0.374 e. The molecule has 2 rings (SSSR count). The van der Waals surface area contributed by atoms with Crippen molar-refractivity contribution >= 4 is 28.3 Å². The highest BCUT2D eigenvalue weighted by atomic mass is 32.2. The van der Waals surface area contributed by atoms with Crippen LogP contribution in [-0.2, 0) is 5.75 Å². The lowest BCUT2D eigenvalue weighted by Gasteiger charge is -2.07. The van der Waals surface area contributed by atoms with Crippen LogP contribution in [0.4, 0.5) is 5.00 Å². The quantitative estimate of drug-likeness (QED) is 0.862. The number of nitrogens with one attached hydrogen (secondary N) is 1. The van der Waals surface area contributed by atoms with Crippen LogP contribution in [0.5, 0.6) is 0 Å². The van der Waals surface area contributed by atoms with Crippen LogP contribution in [0.25, 0.3) is 0 Å². The molecule has 1 aliphatic rings. The third-order valence-corrected chi connectivity index (χ3v) is 4.76. The molecule has 1 saturated carbocycles. The predicted octanol–water partition coefficient (Wildman–Crippen LogP) is 3.15. The van der Waals surface area contributed by atoms with E-state index in [4.69, 9.17) is 0 Å². The van der Waals surface area contributed by atoms with E-state index in [-0.39, 0.29) is 0 Å². The van der Waals surface area contributed by atoms with E-state index < -0.39 is 0 Å². The van der Waals surface area contributed by atoms with Gasteiger partial charge in [-0.25, -0.2) is 0 Å². The molecule has 0 unspecified atom stereocenters. The van der Waals surface area contributed by atoms with Gasteiger partial charge >= 0.3 is 0 Å². The molecule has 0 atom stereocenters. The van der Waals surface area contributed by atoms with Crippen LogP contribution in [-0.4, -0.2) is 21.4 Å². The average molecular weight is 243 g/mol. The molecule has 1 aromatic heterocycles. The van der Waals surface area contributed by atoms with Gasteiger partial charge in [0.25, 0.3) is 0 Å². The number of aromatic nitrogens is 2. The van der Waals surface area contributed by atoms with Gasteiger partial charge in [-0.15, -0.1) is 5.10 Å². The molecule has 1 aromatic rings. The van der Waals surface area contributed by atoms with E-state index in [1.165, 1.54) is 37.2 Å². The molecule has 0 amide bonds.